The molecule has 0 fully saturated rings. The van der Waals surface area contributed by atoms with E-state index in [4.69, 9.17) is 10.9 Å². The molecule has 19 heavy (non-hydrogen) atoms. The van der Waals surface area contributed by atoms with Crippen LogP contribution in [-0.4, -0.2) is 21.9 Å². The number of benzene rings is 1. The zero-order chi connectivity index (χ0) is 13.8. The lowest BCUT2D eigenvalue weighted by Crippen LogP contribution is -2.16. The van der Waals surface area contributed by atoms with Crippen molar-refractivity contribution in [2.45, 2.75) is 0 Å². The van der Waals surface area contributed by atoms with Crippen LogP contribution < -0.4 is 11.1 Å². The van der Waals surface area contributed by atoms with Gasteiger partial charge in [0.25, 0.3) is 5.91 Å². The summed E-state index contributed by atoms with van der Waals surface area (Å²) in [6, 6.07) is 3.81. The molecule has 0 unspecified atom stereocenters. The quantitative estimate of drug-likeness (QED) is 0.344. The van der Waals surface area contributed by atoms with Crippen LogP contribution in [0.4, 0.5) is 10.1 Å². The number of oxime groups is 1. The van der Waals surface area contributed by atoms with E-state index >= 15 is 0 Å². The van der Waals surface area contributed by atoms with Gasteiger partial charge in [0.15, 0.2) is 5.84 Å². The highest BCUT2D eigenvalue weighted by Gasteiger charge is 2.12. The van der Waals surface area contributed by atoms with Crippen molar-refractivity contribution >= 4 is 28.8 Å². The number of rotatable bonds is 3. The van der Waals surface area contributed by atoms with Crippen molar-refractivity contribution in [3.8, 4) is 0 Å². The van der Waals surface area contributed by atoms with E-state index in [-0.39, 0.29) is 22.8 Å². The predicted molar refractivity (Wildman–Crippen MR) is 69.0 cm³/mol. The van der Waals surface area contributed by atoms with Gasteiger partial charge in [0, 0.05) is 10.9 Å². The summed E-state index contributed by atoms with van der Waals surface area (Å²) in [5.74, 6) is -1.40. The van der Waals surface area contributed by atoms with Gasteiger partial charge in [-0.2, -0.15) is 0 Å². The minimum Gasteiger partial charge on any atom is -0.409 e. The maximum atomic E-state index is 13.7. The van der Waals surface area contributed by atoms with Gasteiger partial charge in [-0.05, 0) is 18.2 Å². The standard InChI is InChI=1S/C11H9FN4O2S/c12-7-3-6(10(13)16-18)1-2-8(7)15-11(17)9-4-19-5-14-9/h1-5,18H,(H2,13,16)(H,15,17). The maximum absolute atomic E-state index is 13.7. The molecule has 0 saturated heterocycles. The van der Waals surface area contributed by atoms with Crippen molar-refractivity contribution < 1.29 is 14.4 Å². The lowest BCUT2D eigenvalue weighted by atomic mass is 10.2. The number of hydrogen-bond donors (Lipinski definition) is 3. The lowest BCUT2D eigenvalue weighted by molar-refractivity contribution is 0.102. The molecule has 0 aliphatic rings. The fraction of sp³-hybridized carbons (Fsp3) is 0. The smallest absolute Gasteiger partial charge is 0.275 e. The molecule has 1 amide bonds. The number of carbonyl (C=O) groups is 1. The zero-order valence-electron chi connectivity index (χ0n) is 9.50. The summed E-state index contributed by atoms with van der Waals surface area (Å²) >= 11 is 1.27. The largest absolute Gasteiger partial charge is 0.409 e. The van der Waals surface area contributed by atoms with Gasteiger partial charge in [-0.15, -0.1) is 11.3 Å². The fourth-order valence-electron chi connectivity index (χ4n) is 1.34. The molecule has 1 aromatic carbocycles. The van der Waals surface area contributed by atoms with Gasteiger partial charge in [-0.25, -0.2) is 9.37 Å². The first-order valence-electron chi connectivity index (χ1n) is 5.09. The Balaban J connectivity index is 2.20. The average Bonchev–Trinajstić information content (AvgIpc) is 2.94. The van der Waals surface area contributed by atoms with E-state index < -0.39 is 11.7 Å². The number of nitrogens with zero attached hydrogens (tertiary/aromatic N) is 2. The van der Waals surface area contributed by atoms with Gasteiger partial charge in [0.1, 0.15) is 11.5 Å². The number of thiazole rings is 1. The molecule has 4 N–H and O–H groups in total. The highest BCUT2D eigenvalue weighted by atomic mass is 32.1. The third kappa shape index (κ3) is 2.86. The summed E-state index contributed by atoms with van der Waals surface area (Å²) in [4.78, 5) is 15.5. The second kappa shape index (κ2) is 5.44. The number of anilines is 1. The van der Waals surface area contributed by atoms with Crippen LogP contribution in [0.1, 0.15) is 16.1 Å². The highest BCUT2D eigenvalue weighted by molar-refractivity contribution is 7.07. The second-order valence-electron chi connectivity index (χ2n) is 3.51. The Kier molecular flexibility index (Phi) is 3.71. The second-order valence-corrected chi connectivity index (χ2v) is 4.23. The molecule has 0 bridgehead atoms. The molecule has 2 aromatic rings. The normalized spacial score (nSPS) is 11.3. The van der Waals surface area contributed by atoms with E-state index in [0.29, 0.717) is 0 Å². The number of nitrogens with two attached hydrogens (primary N) is 1. The van der Waals surface area contributed by atoms with Gasteiger partial charge in [0.05, 0.1) is 11.2 Å². The Morgan fingerprint density at radius 1 is 1.53 bits per heavy atom. The minimum absolute atomic E-state index is 0.00695. The first kappa shape index (κ1) is 13.0. The van der Waals surface area contributed by atoms with E-state index in [1.807, 2.05) is 0 Å². The van der Waals surface area contributed by atoms with Crippen LogP contribution in [0.3, 0.4) is 0 Å². The van der Waals surface area contributed by atoms with Crippen LogP contribution >= 0.6 is 11.3 Å². The van der Waals surface area contributed by atoms with Crippen molar-refractivity contribution in [2.24, 2.45) is 10.9 Å². The van der Waals surface area contributed by atoms with E-state index in [1.165, 1.54) is 29.0 Å². The zero-order valence-corrected chi connectivity index (χ0v) is 10.3. The molecular weight excluding hydrogens is 271 g/mol. The summed E-state index contributed by atoms with van der Waals surface area (Å²) in [6.45, 7) is 0. The molecular formula is C11H9FN4O2S. The Bertz CT molecular complexity index is 628. The molecule has 0 saturated carbocycles. The molecule has 1 heterocycles. The average molecular weight is 280 g/mol. The Morgan fingerprint density at radius 2 is 2.32 bits per heavy atom. The van der Waals surface area contributed by atoms with E-state index in [2.05, 4.69) is 15.5 Å². The number of hydrogen-bond acceptors (Lipinski definition) is 5. The van der Waals surface area contributed by atoms with Gasteiger partial charge >= 0.3 is 0 Å². The van der Waals surface area contributed by atoms with Gasteiger partial charge in [-0.1, -0.05) is 5.16 Å². The predicted octanol–water partition coefficient (Wildman–Crippen LogP) is 1.63. The summed E-state index contributed by atoms with van der Waals surface area (Å²) in [5, 5.41) is 15.2. The van der Waals surface area contributed by atoms with Crippen LogP contribution in [-0.2, 0) is 0 Å². The van der Waals surface area contributed by atoms with Crippen molar-refractivity contribution in [2.75, 3.05) is 5.32 Å². The molecule has 0 aliphatic heterocycles. The third-order valence-corrected chi connectivity index (χ3v) is 2.87. The maximum Gasteiger partial charge on any atom is 0.275 e. The molecule has 1 aromatic heterocycles. The number of halogens is 1. The first-order valence-corrected chi connectivity index (χ1v) is 6.03. The van der Waals surface area contributed by atoms with Gasteiger partial charge in [-0.3, -0.25) is 4.79 Å². The highest BCUT2D eigenvalue weighted by Crippen LogP contribution is 2.17. The monoisotopic (exact) mass is 280 g/mol. The summed E-state index contributed by atoms with van der Waals surface area (Å²) < 4.78 is 13.7. The molecule has 0 spiro atoms. The van der Waals surface area contributed by atoms with Crippen LogP contribution in [0.5, 0.6) is 0 Å². The Labute approximate surface area is 111 Å². The van der Waals surface area contributed by atoms with Gasteiger partial charge in [0.2, 0.25) is 0 Å². The van der Waals surface area contributed by atoms with Crippen LogP contribution in [0, 0.1) is 5.82 Å². The van der Waals surface area contributed by atoms with E-state index in [1.54, 1.807) is 5.38 Å². The number of nitrogens with one attached hydrogen (secondary N) is 1. The van der Waals surface area contributed by atoms with Gasteiger partial charge < -0.3 is 16.3 Å². The summed E-state index contributed by atoms with van der Waals surface area (Å²) in [5.41, 5.74) is 7.26. The number of carbonyl (C=O) groups excluding carboxylic acids is 1. The van der Waals surface area contributed by atoms with Crippen molar-refractivity contribution in [3.05, 3.63) is 46.2 Å². The number of amidine groups is 1. The van der Waals surface area contributed by atoms with Crippen molar-refractivity contribution in [1.82, 2.24) is 4.98 Å². The Hall–Kier alpha value is -2.48. The van der Waals surface area contributed by atoms with Crippen LogP contribution in [0.25, 0.3) is 0 Å². The van der Waals surface area contributed by atoms with Crippen molar-refractivity contribution in [3.63, 3.8) is 0 Å². The minimum atomic E-state index is -0.687. The van der Waals surface area contributed by atoms with Crippen LogP contribution in [0.15, 0.2) is 34.2 Å². The molecule has 98 valence electrons. The topological polar surface area (TPSA) is 101 Å². The molecule has 0 radical (unpaired) electrons. The molecule has 2 rings (SSSR count). The first-order chi connectivity index (χ1) is 9.11. The third-order valence-electron chi connectivity index (χ3n) is 2.29. The summed E-state index contributed by atoms with van der Waals surface area (Å²) in [6.07, 6.45) is 0. The van der Waals surface area contributed by atoms with E-state index in [0.717, 1.165) is 6.07 Å². The Morgan fingerprint density at radius 3 is 2.89 bits per heavy atom. The molecule has 0 aliphatic carbocycles. The summed E-state index contributed by atoms with van der Waals surface area (Å²) in [7, 11) is 0. The molecule has 6 nitrogen and oxygen atoms in total. The fourth-order valence-corrected chi connectivity index (χ4v) is 1.88. The lowest BCUT2D eigenvalue weighted by Gasteiger charge is -2.06. The number of aromatic nitrogens is 1. The van der Waals surface area contributed by atoms with Crippen LogP contribution in [0.2, 0.25) is 0 Å². The number of amides is 1. The van der Waals surface area contributed by atoms with E-state index in [9.17, 15) is 9.18 Å². The van der Waals surface area contributed by atoms with Crippen molar-refractivity contribution in [1.29, 1.82) is 0 Å². The molecule has 0 atom stereocenters. The SMILES string of the molecule is N/C(=N/O)c1ccc(NC(=O)c2cscn2)c(F)c1. The molecule has 8 heteroatoms.